The maximum Gasteiger partial charge on any atom is 0.227 e. The molecule has 2 N–H and O–H groups in total. The summed E-state index contributed by atoms with van der Waals surface area (Å²) < 4.78 is 0. The van der Waals surface area contributed by atoms with Gasteiger partial charge in [0.2, 0.25) is 5.91 Å². The Morgan fingerprint density at radius 3 is 2.84 bits per heavy atom. The summed E-state index contributed by atoms with van der Waals surface area (Å²) in [5, 5.41) is 1.18. The first kappa shape index (κ1) is 14.6. The van der Waals surface area contributed by atoms with E-state index in [1.54, 1.807) is 18.2 Å². The van der Waals surface area contributed by atoms with Gasteiger partial charge in [-0.2, -0.15) is 0 Å². The number of benzene rings is 1. The van der Waals surface area contributed by atoms with Crippen molar-refractivity contribution in [1.29, 1.82) is 0 Å². The molecule has 1 aliphatic rings. The second kappa shape index (κ2) is 6.12. The molecule has 1 aromatic rings. The van der Waals surface area contributed by atoms with Crippen LogP contribution in [0.3, 0.4) is 0 Å². The normalized spacial score (nSPS) is 22.8. The molecule has 0 aliphatic carbocycles. The molecule has 104 valence electrons. The molecule has 2 rings (SSSR count). The average Bonchev–Trinajstić information content (AvgIpc) is 2.75. The van der Waals surface area contributed by atoms with Gasteiger partial charge in [0.1, 0.15) is 0 Å². The van der Waals surface area contributed by atoms with E-state index in [1.807, 2.05) is 4.90 Å². The van der Waals surface area contributed by atoms with Crippen molar-refractivity contribution in [3.63, 3.8) is 0 Å². The van der Waals surface area contributed by atoms with Crippen molar-refractivity contribution in [2.75, 3.05) is 13.1 Å². The van der Waals surface area contributed by atoms with Crippen molar-refractivity contribution in [3.05, 3.63) is 33.8 Å². The first-order valence-electron chi connectivity index (χ1n) is 6.44. The number of halogens is 2. The lowest BCUT2D eigenvalue weighted by molar-refractivity contribution is -0.131. The van der Waals surface area contributed by atoms with Gasteiger partial charge in [-0.25, -0.2) is 0 Å². The molecular weight excluding hydrogens is 283 g/mol. The molecule has 1 fully saturated rings. The maximum atomic E-state index is 12.3. The van der Waals surface area contributed by atoms with Crippen LogP contribution in [0.1, 0.15) is 18.9 Å². The molecule has 0 bridgehead atoms. The quantitative estimate of drug-likeness (QED) is 0.933. The van der Waals surface area contributed by atoms with E-state index in [-0.39, 0.29) is 11.9 Å². The highest BCUT2D eigenvalue weighted by Gasteiger charge is 2.31. The molecule has 0 saturated carbocycles. The molecule has 5 heteroatoms. The Morgan fingerprint density at radius 2 is 2.21 bits per heavy atom. The molecule has 1 aromatic carbocycles. The van der Waals surface area contributed by atoms with Crippen LogP contribution in [0.4, 0.5) is 0 Å². The van der Waals surface area contributed by atoms with E-state index in [2.05, 4.69) is 6.92 Å². The van der Waals surface area contributed by atoms with Gasteiger partial charge in [0.15, 0.2) is 0 Å². The third kappa shape index (κ3) is 3.41. The molecule has 1 heterocycles. The minimum absolute atomic E-state index is 0.0904. The minimum atomic E-state index is 0.0904. The number of hydrogen-bond donors (Lipinski definition) is 1. The van der Waals surface area contributed by atoms with Crippen LogP contribution in [-0.2, 0) is 11.2 Å². The number of rotatable bonds is 3. The standard InChI is InChI=1S/C14H18Cl2N2O/c1-9-4-10(7-17)8-18(9)14(19)6-11-5-12(15)2-3-13(11)16/h2-3,5,9-10H,4,6-8,17H2,1H3. The Bertz CT molecular complexity index is 479. The largest absolute Gasteiger partial charge is 0.339 e. The number of likely N-dealkylation sites (tertiary alicyclic amines) is 1. The Balaban J connectivity index is 2.07. The van der Waals surface area contributed by atoms with E-state index in [4.69, 9.17) is 28.9 Å². The molecule has 0 radical (unpaired) electrons. The van der Waals surface area contributed by atoms with Crippen LogP contribution < -0.4 is 5.73 Å². The summed E-state index contributed by atoms with van der Waals surface area (Å²) in [5.41, 5.74) is 6.46. The Morgan fingerprint density at radius 1 is 1.47 bits per heavy atom. The molecule has 0 aromatic heterocycles. The van der Waals surface area contributed by atoms with E-state index >= 15 is 0 Å². The predicted molar refractivity (Wildman–Crippen MR) is 78.5 cm³/mol. The summed E-state index contributed by atoms with van der Waals surface area (Å²) in [6, 6.07) is 5.45. The van der Waals surface area contributed by atoms with Crippen LogP contribution in [0.15, 0.2) is 18.2 Å². The summed E-state index contributed by atoms with van der Waals surface area (Å²) >= 11 is 12.0. The van der Waals surface area contributed by atoms with Crippen LogP contribution in [-0.4, -0.2) is 29.9 Å². The fourth-order valence-electron chi connectivity index (χ4n) is 2.60. The molecule has 1 aliphatic heterocycles. The Kier molecular flexibility index (Phi) is 4.71. The van der Waals surface area contributed by atoms with Gasteiger partial charge in [0, 0.05) is 22.6 Å². The van der Waals surface area contributed by atoms with Crippen LogP contribution in [0.25, 0.3) is 0 Å². The summed E-state index contributed by atoms with van der Waals surface area (Å²) in [4.78, 5) is 14.2. The van der Waals surface area contributed by atoms with Gasteiger partial charge in [-0.3, -0.25) is 4.79 Å². The number of carbonyl (C=O) groups excluding carboxylic acids is 1. The lowest BCUT2D eigenvalue weighted by Gasteiger charge is -2.22. The van der Waals surface area contributed by atoms with Crippen LogP contribution in [0, 0.1) is 5.92 Å². The summed E-state index contributed by atoms with van der Waals surface area (Å²) in [5.74, 6) is 0.501. The van der Waals surface area contributed by atoms with E-state index < -0.39 is 0 Å². The van der Waals surface area contributed by atoms with Crippen LogP contribution >= 0.6 is 23.2 Å². The fourth-order valence-corrected chi connectivity index (χ4v) is 2.98. The van der Waals surface area contributed by atoms with Gasteiger partial charge in [-0.05, 0) is 49.6 Å². The number of carbonyl (C=O) groups is 1. The molecule has 0 spiro atoms. The highest BCUT2D eigenvalue weighted by atomic mass is 35.5. The summed E-state index contributed by atoms with van der Waals surface area (Å²) in [6.45, 7) is 3.44. The number of amides is 1. The van der Waals surface area contributed by atoms with Gasteiger partial charge in [0.25, 0.3) is 0 Å². The zero-order valence-corrected chi connectivity index (χ0v) is 12.4. The van der Waals surface area contributed by atoms with Gasteiger partial charge in [-0.15, -0.1) is 0 Å². The van der Waals surface area contributed by atoms with Crippen molar-refractivity contribution in [2.45, 2.75) is 25.8 Å². The Hall–Kier alpha value is -0.770. The van der Waals surface area contributed by atoms with Crippen LogP contribution in [0.5, 0.6) is 0 Å². The minimum Gasteiger partial charge on any atom is -0.339 e. The highest BCUT2D eigenvalue weighted by molar-refractivity contribution is 6.33. The summed E-state index contributed by atoms with van der Waals surface area (Å²) in [7, 11) is 0. The molecule has 2 unspecified atom stereocenters. The second-order valence-corrected chi connectivity index (χ2v) is 5.99. The first-order valence-corrected chi connectivity index (χ1v) is 7.20. The van der Waals surface area contributed by atoms with Gasteiger partial charge < -0.3 is 10.6 Å². The fraction of sp³-hybridized carbons (Fsp3) is 0.500. The maximum absolute atomic E-state index is 12.3. The number of nitrogens with two attached hydrogens (primary N) is 1. The number of nitrogens with zero attached hydrogens (tertiary/aromatic N) is 1. The van der Waals surface area contributed by atoms with Gasteiger partial charge in [0.05, 0.1) is 6.42 Å². The SMILES string of the molecule is CC1CC(CN)CN1C(=O)Cc1cc(Cl)ccc1Cl. The van der Waals surface area contributed by atoms with E-state index in [1.165, 1.54) is 0 Å². The molecule has 1 saturated heterocycles. The van der Waals surface area contributed by atoms with Crippen molar-refractivity contribution < 1.29 is 4.79 Å². The Labute approximate surface area is 123 Å². The lowest BCUT2D eigenvalue weighted by Crippen LogP contribution is -2.35. The molecule has 1 amide bonds. The average molecular weight is 301 g/mol. The smallest absolute Gasteiger partial charge is 0.227 e. The van der Waals surface area contributed by atoms with Crippen molar-refractivity contribution in [1.82, 2.24) is 4.90 Å². The number of hydrogen-bond acceptors (Lipinski definition) is 2. The summed E-state index contributed by atoms with van der Waals surface area (Å²) in [6.07, 6.45) is 1.27. The van der Waals surface area contributed by atoms with Crippen LogP contribution in [0.2, 0.25) is 10.0 Å². The van der Waals surface area contributed by atoms with E-state index in [0.717, 1.165) is 18.5 Å². The van der Waals surface area contributed by atoms with Gasteiger partial charge in [-0.1, -0.05) is 23.2 Å². The predicted octanol–water partition coefficient (Wildman–Crippen LogP) is 2.73. The van der Waals surface area contributed by atoms with E-state index in [9.17, 15) is 4.79 Å². The van der Waals surface area contributed by atoms with Crippen molar-refractivity contribution in [2.24, 2.45) is 11.7 Å². The monoisotopic (exact) mass is 300 g/mol. The van der Waals surface area contributed by atoms with Crippen molar-refractivity contribution in [3.8, 4) is 0 Å². The third-order valence-electron chi connectivity index (χ3n) is 3.66. The topological polar surface area (TPSA) is 46.3 Å². The van der Waals surface area contributed by atoms with Crippen molar-refractivity contribution >= 4 is 29.1 Å². The molecular formula is C14H18Cl2N2O. The molecule has 19 heavy (non-hydrogen) atoms. The second-order valence-electron chi connectivity index (χ2n) is 5.15. The van der Waals surface area contributed by atoms with Gasteiger partial charge >= 0.3 is 0 Å². The first-order chi connectivity index (χ1) is 9.01. The zero-order chi connectivity index (χ0) is 14.0. The van der Waals surface area contributed by atoms with E-state index in [0.29, 0.717) is 28.9 Å². The zero-order valence-electron chi connectivity index (χ0n) is 10.9. The molecule has 2 atom stereocenters. The third-order valence-corrected chi connectivity index (χ3v) is 4.27. The highest BCUT2D eigenvalue weighted by Crippen LogP contribution is 2.25. The lowest BCUT2D eigenvalue weighted by atomic mass is 10.1. The molecule has 3 nitrogen and oxygen atoms in total.